The van der Waals surface area contributed by atoms with E-state index in [-0.39, 0.29) is 12.1 Å². The second kappa shape index (κ2) is 7.03. The van der Waals surface area contributed by atoms with Gasteiger partial charge in [0.25, 0.3) is 0 Å². The third kappa shape index (κ3) is 3.48. The Hall–Kier alpha value is -2.10. The molecule has 0 saturated heterocycles. The van der Waals surface area contributed by atoms with Crippen LogP contribution in [0.25, 0.3) is 10.9 Å². The van der Waals surface area contributed by atoms with Crippen LogP contribution in [0, 0.1) is 15.9 Å². The molecule has 1 aromatic heterocycles. The van der Waals surface area contributed by atoms with Crippen LogP contribution in [0.2, 0.25) is 0 Å². The fourth-order valence-corrected chi connectivity index (χ4v) is 3.62. The van der Waals surface area contributed by atoms with Gasteiger partial charge in [-0.15, -0.1) is 0 Å². The lowest BCUT2D eigenvalue weighted by atomic mass is 10.2. The number of rotatable bonds is 5. The Morgan fingerprint density at radius 3 is 2.68 bits per heavy atom. The fourth-order valence-electron chi connectivity index (χ4n) is 2.73. The maximum atomic E-state index is 14.1. The van der Waals surface area contributed by atoms with Gasteiger partial charge in [0.1, 0.15) is 5.82 Å². The van der Waals surface area contributed by atoms with Gasteiger partial charge in [0.2, 0.25) is 11.1 Å². The first kappa shape index (κ1) is 17.7. The molecular weight excluding hydrogens is 415 g/mol. The van der Waals surface area contributed by atoms with Crippen LogP contribution in [0.3, 0.4) is 0 Å². The largest absolute Gasteiger partial charge is 0.342 e. The van der Waals surface area contributed by atoms with E-state index in [1.807, 2.05) is 0 Å². The molecule has 2 unspecified atom stereocenters. The summed E-state index contributed by atoms with van der Waals surface area (Å²) in [6, 6.07) is 11.5. The van der Waals surface area contributed by atoms with Crippen LogP contribution in [-0.4, -0.2) is 18.3 Å². The van der Waals surface area contributed by atoms with Crippen molar-refractivity contribution >= 4 is 37.9 Å². The van der Waals surface area contributed by atoms with Gasteiger partial charge < -0.3 is 9.12 Å². The molecule has 2 aromatic carbocycles. The van der Waals surface area contributed by atoms with Crippen molar-refractivity contribution in [2.45, 2.75) is 11.9 Å². The van der Waals surface area contributed by atoms with Gasteiger partial charge in [-0.3, -0.25) is 10.1 Å². The van der Waals surface area contributed by atoms with Crippen LogP contribution in [0.15, 0.2) is 53.1 Å². The van der Waals surface area contributed by atoms with Crippen LogP contribution in [0.5, 0.6) is 0 Å². The van der Waals surface area contributed by atoms with Crippen molar-refractivity contribution in [3.05, 3.63) is 80.2 Å². The number of aromatic nitrogens is 1. The Balaban J connectivity index is 2.13. The lowest BCUT2D eigenvalue weighted by Crippen LogP contribution is -2.15. The molecule has 0 aliphatic heterocycles. The van der Waals surface area contributed by atoms with Crippen LogP contribution in [0.1, 0.15) is 16.5 Å². The zero-order chi connectivity index (χ0) is 18.1. The maximum absolute atomic E-state index is 14.1. The van der Waals surface area contributed by atoms with E-state index in [9.17, 15) is 23.3 Å². The quantitative estimate of drug-likeness (QED) is 0.378. The third-order valence-electron chi connectivity index (χ3n) is 3.82. The predicted octanol–water partition coefficient (Wildman–Crippen LogP) is 4.09. The zero-order valence-electron chi connectivity index (χ0n) is 12.6. The number of nitrogens with zero attached hydrogens (tertiary/aromatic N) is 2. The van der Waals surface area contributed by atoms with Crippen molar-refractivity contribution in [1.29, 1.82) is 0 Å². The van der Waals surface area contributed by atoms with Gasteiger partial charge in [0.05, 0.1) is 12.1 Å². The summed E-state index contributed by atoms with van der Waals surface area (Å²) in [5.41, 5.74) is 1.15. The summed E-state index contributed by atoms with van der Waals surface area (Å²) >= 11 is 0.519. The number of nitro groups is 1. The van der Waals surface area contributed by atoms with Gasteiger partial charge in [0, 0.05) is 32.1 Å². The molecule has 9 heteroatoms. The van der Waals surface area contributed by atoms with Crippen molar-refractivity contribution in [2.75, 3.05) is 0 Å². The Labute approximate surface area is 152 Å². The summed E-state index contributed by atoms with van der Waals surface area (Å²) < 4.78 is 37.1. The molecule has 6 nitrogen and oxygen atoms in total. The number of para-hydroxylation sites is 1. The van der Waals surface area contributed by atoms with E-state index in [0.29, 0.717) is 20.9 Å². The highest BCUT2D eigenvalue weighted by Crippen LogP contribution is 2.31. The molecule has 1 heterocycles. The van der Waals surface area contributed by atoms with E-state index in [0.717, 1.165) is 0 Å². The molecule has 0 aliphatic rings. The van der Waals surface area contributed by atoms with Gasteiger partial charge in [-0.25, -0.2) is 8.60 Å². The molecule has 25 heavy (non-hydrogen) atoms. The Kier molecular flexibility index (Phi) is 4.98. The summed E-state index contributed by atoms with van der Waals surface area (Å²) in [6.07, 6.45) is 1.44. The van der Waals surface area contributed by atoms with Gasteiger partial charge in [-0.05, 0) is 18.2 Å². The number of halogens is 2. The third-order valence-corrected chi connectivity index (χ3v) is 5.13. The van der Waals surface area contributed by atoms with Gasteiger partial charge >= 0.3 is 5.37 Å². The highest BCUT2D eigenvalue weighted by Gasteiger charge is 2.33. The standard InChI is InChI=1S/C16H12BrFN2O4S/c17-11-6-5-10(14(18)7-11)8-19-9-13(16(20(21)22)25(23)24)12-3-1-2-4-15(12)19/h1-7,9,16H,8H2,(H,23,24). The van der Waals surface area contributed by atoms with Crippen molar-refractivity contribution in [3.8, 4) is 0 Å². The SMILES string of the molecule is O=[N+]([O-])C(c1cn(Cc2ccc(Br)cc2F)c2ccccc12)S(=O)O. The number of fused-ring (bicyclic) bond motifs is 1. The van der Waals surface area contributed by atoms with E-state index in [1.165, 1.54) is 12.3 Å². The molecular formula is C16H12BrFN2O4S. The fraction of sp³-hybridized carbons (Fsp3) is 0.125. The summed E-state index contributed by atoms with van der Waals surface area (Å²) in [5.74, 6) is -0.412. The molecule has 130 valence electrons. The van der Waals surface area contributed by atoms with Crippen LogP contribution < -0.4 is 0 Å². The molecule has 1 N–H and O–H groups in total. The first-order chi connectivity index (χ1) is 11.9. The van der Waals surface area contributed by atoms with E-state index in [4.69, 9.17) is 0 Å². The van der Waals surface area contributed by atoms with Crippen LogP contribution in [0.4, 0.5) is 4.39 Å². The second-order valence-corrected chi connectivity index (χ2v) is 7.29. The average Bonchev–Trinajstić information content (AvgIpc) is 2.88. The van der Waals surface area contributed by atoms with Crippen molar-refractivity contribution in [3.63, 3.8) is 0 Å². The molecule has 0 bridgehead atoms. The highest BCUT2D eigenvalue weighted by atomic mass is 79.9. The molecule has 0 saturated carbocycles. The summed E-state index contributed by atoms with van der Waals surface area (Å²) in [4.78, 5) is 10.4. The lowest BCUT2D eigenvalue weighted by molar-refractivity contribution is -0.502. The maximum Gasteiger partial charge on any atom is 0.337 e. The molecule has 0 amide bonds. The molecule has 0 radical (unpaired) electrons. The Morgan fingerprint density at radius 2 is 2.04 bits per heavy atom. The van der Waals surface area contributed by atoms with Crippen molar-refractivity contribution < 1.29 is 18.1 Å². The minimum Gasteiger partial charge on any atom is -0.342 e. The lowest BCUT2D eigenvalue weighted by Gasteiger charge is -2.07. The van der Waals surface area contributed by atoms with E-state index in [2.05, 4.69) is 15.9 Å². The first-order valence-electron chi connectivity index (χ1n) is 7.13. The van der Waals surface area contributed by atoms with Gasteiger partial charge in [0.15, 0.2) is 0 Å². The van der Waals surface area contributed by atoms with Crippen LogP contribution in [-0.2, 0) is 17.6 Å². The minimum absolute atomic E-state index is 0.124. The summed E-state index contributed by atoms with van der Waals surface area (Å²) in [5, 5.41) is 9.95. The highest BCUT2D eigenvalue weighted by molar-refractivity contribution is 9.10. The van der Waals surface area contributed by atoms with Gasteiger partial charge in [-0.1, -0.05) is 40.2 Å². The number of benzene rings is 2. The summed E-state index contributed by atoms with van der Waals surface area (Å²) in [7, 11) is 0. The molecule has 0 aliphatic carbocycles. The molecule has 0 fully saturated rings. The van der Waals surface area contributed by atoms with Crippen LogP contribution >= 0.6 is 15.9 Å². The predicted molar refractivity (Wildman–Crippen MR) is 95.6 cm³/mol. The van der Waals surface area contributed by atoms with E-state index in [1.54, 1.807) is 41.0 Å². The monoisotopic (exact) mass is 426 g/mol. The Morgan fingerprint density at radius 1 is 1.32 bits per heavy atom. The first-order valence-corrected chi connectivity index (χ1v) is 9.09. The molecule has 2 atom stereocenters. The Bertz CT molecular complexity index is 977. The minimum atomic E-state index is -2.67. The molecule has 3 aromatic rings. The topological polar surface area (TPSA) is 85.4 Å². The number of hydrogen-bond acceptors (Lipinski definition) is 3. The van der Waals surface area contributed by atoms with E-state index >= 15 is 0 Å². The second-order valence-electron chi connectivity index (χ2n) is 5.38. The zero-order valence-corrected chi connectivity index (χ0v) is 15.0. The normalized spacial score (nSPS) is 13.7. The molecule has 3 rings (SSSR count). The van der Waals surface area contributed by atoms with Crippen molar-refractivity contribution in [2.24, 2.45) is 0 Å². The summed E-state index contributed by atoms with van der Waals surface area (Å²) in [6.45, 7) is 0.141. The average molecular weight is 427 g/mol. The van der Waals surface area contributed by atoms with Crippen molar-refractivity contribution in [1.82, 2.24) is 4.57 Å². The van der Waals surface area contributed by atoms with Gasteiger partial charge in [-0.2, -0.15) is 0 Å². The smallest absolute Gasteiger partial charge is 0.337 e. The number of hydrogen-bond donors (Lipinski definition) is 1. The van der Waals surface area contributed by atoms with E-state index < -0.39 is 27.2 Å². The molecule has 0 spiro atoms.